The Labute approximate surface area is 156 Å². The van der Waals surface area contributed by atoms with Gasteiger partial charge in [-0.2, -0.15) is 0 Å². The molecule has 0 saturated heterocycles. The van der Waals surface area contributed by atoms with Crippen LogP contribution in [0.1, 0.15) is 5.82 Å². The van der Waals surface area contributed by atoms with Gasteiger partial charge in [0.15, 0.2) is 5.16 Å². The van der Waals surface area contributed by atoms with E-state index < -0.39 is 0 Å². The van der Waals surface area contributed by atoms with E-state index in [9.17, 15) is 4.79 Å². The number of aromatic nitrogens is 3. The predicted molar refractivity (Wildman–Crippen MR) is 103 cm³/mol. The molecule has 6 nitrogen and oxygen atoms in total. The maximum Gasteiger partial charge on any atom is 0.237 e. The van der Waals surface area contributed by atoms with Gasteiger partial charge in [-0.05, 0) is 43.3 Å². The van der Waals surface area contributed by atoms with Crippen molar-refractivity contribution in [2.75, 3.05) is 24.8 Å². The van der Waals surface area contributed by atoms with Gasteiger partial charge in [-0.15, -0.1) is 10.2 Å². The lowest BCUT2D eigenvalue weighted by Crippen LogP contribution is -2.27. The molecule has 0 unspecified atom stereocenters. The highest BCUT2D eigenvalue weighted by Gasteiger charge is 2.16. The first kappa shape index (κ1) is 18.0. The summed E-state index contributed by atoms with van der Waals surface area (Å²) in [4.78, 5) is 14.1. The number of amides is 1. The molecule has 0 N–H and O–H groups in total. The Bertz CT molecular complexity index is 878. The largest absolute Gasteiger partial charge is 0.497 e. The number of hydrogen-bond acceptors (Lipinski definition) is 5. The van der Waals surface area contributed by atoms with Crippen LogP contribution in [0.4, 0.5) is 5.69 Å². The van der Waals surface area contributed by atoms with Crippen molar-refractivity contribution in [2.24, 2.45) is 0 Å². The summed E-state index contributed by atoms with van der Waals surface area (Å²) in [6, 6.07) is 17.2. The highest BCUT2D eigenvalue weighted by atomic mass is 32.2. The molecule has 0 saturated carbocycles. The van der Waals surface area contributed by atoms with Crippen LogP contribution in [0.3, 0.4) is 0 Å². The summed E-state index contributed by atoms with van der Waals surface area (Å²) >= 11 is 1.37. The quantitative estimate of drug-likeness (QED) is 0.625. The van der Waals surface area contributed by atoms with E-state index in [-0.39, 0.29) is 11.7 Å². The third-order valence-electron chi connectivity index (χ3n) is 3.97. The van der Waals surface area contributed by atoms with Gasteiger partial charge in [-0.3, -0.25) is 9.36 Å². The third-order valence-corrected chi connectivity index (χ3v) is 4.88. The van der Waals surface area contributed by atoms with Gasteiger partial charge < -0.3 is 9.64 Å². The van der Waals surface area contributed by atoms with E-state index in [1.165, 1.54) is 11.8 Å². The van der Waals surface area contributed by atoms with E-state index in [1.54, 1.807) is 19.1 Å². The first-order valence-electron chi connectivity index (χ1n) is 8.11. The lowest BCUT2D eigenvalue weighted by Gasteiger charge is -2.17. The highest BCUT2D eigenvalue weighted by Crippen LogP contribution is 2.24. The number of methoxy groups -OCH3 is 1. The summed E-state index contributed by atoms with van der Waals surface area (Å²) in [6.07, 6.45) is 0. The van der Waals surface area contributed by atoms with Gasteiger partial charge in [-0.1, -0.05) is 30.0 Å². The molecule has 1 amide bonds. The molecule has 0 fully saturated rings. The molecule has 0 aliphatic rings. The molecule has 1 aromatic heterocycles. The van der Waals surface area contributed by atoms with Crippen molar-refractivity contribution >= 4 is 23.4 Å². The maximum absolute atomic E-state index is 12.5. The Balaban J connectivity index is 1.73. The van der Waals surface area contributed by atoms with Crippen LogP contribution in [0.25, 0.3) is 5.69 Å². The van der Waals surface area contributed by atoms with Crippen LogP contribution in [0, 0.1) is 6.92 Å². The number of hydrogen-bond donors (Lipinski definition) is 0. The first-order chi connectivity index (χ1) is 12.6. The fourth-order valence-electron chi connectivity index (χ4n) is 2.48. The van der Waals surface area contributed by atoms with Crippen LogP contribution >= 0.6 is 11.8 Å². The first-order valence-corrected chi connectivity index (χ1v) is 9.09. The standard InChI is InChI=1S/C19H20N4O2S/c1-14-20-21-19(23(14)16-9-11-17(25-3)12-10-16)26-13-18(24)22(2)15-7-5-4-6-8-15/h4-12H,13H2,1-3H3. The van der Waals surface area contributed by atoms with Gasteiger partial charge in [0.1, 0.15) is 11.6 Å². The maximum atomic E-state index is 12.5. The molecule has 3 rings (SSSR count). The average molecular weight is 368 g/mol. The molecule has 7 heteroatoms. The highest BCUT2D eigenvalue weighted by molar-refractivity contribution is 7.99. The minimum Gasteiger partial charge on any atom is -0.497 e. The second-order valence-corrected chi connectivity index (χ2v) is 6.58. The normalized spacial score (nSPS) is 10.6. The number of anilines is 1. The lowest BCUT2D eigenvalue weighted by molar-refractivity contribution is -0.115. The van der Waals surface area contributed by atoms with E-state index in [0.717, 1.165) is 22.9 Å². The summed E-state index contributed by atoms with van der Waals surface area (Å²) < 4.78 is 7.13. The molecule has 0 atom stereocenters. The molecule has 2 aromatic carbocycles. The van der Waals surface area contributed by atoms with Crippen LogP contribution in [0.15, 0.2) is 59.8 Å². The number of rotatable bonds is 6. The Kier molecular flexibility index (Phi) is 5.58. The van der Waals surface area contributed by atoms with Crippen LogP contribution < -0.4 is 9.64 Å². The van der Waals surface area contributed by atoms with Crippen molar-refractivity contribution in [2.45, 2.75) is 12.1 Å². The van der Waals surface area contributed by atoms with E-state index in [4.69, 9.17) is 4.74 Å². The summed E-state index contributed by atoms with van der Waals surface area (Å²) in [5, 5.41) is 9.05. The summed E-state index contributed by atoms with van der Waals surface area (Å²) in [6.45, 7) is 1.89. The van der Waals surface area contributed by atoms with Crippen molar-refractivity contribution in [1.82, 2.24) is 14.8 Å². The van der Waals surface area contributed by atoms with E-state index in [1.807, 2.05) is 66.1 Å². The molecule has 1 heterocycles. The predicted octanol–water partition coefficient (Wildman–Crippen LogP) is 3.34. The number of carbonyl (C=O) groups excluding carboxylic acids is 1. The lowest BCUT2D eigenvalue weighted by atomic mass is 10.3. The smallest absolute Gasteiger partial charge is 0.237 e. The van der Waals surface area contributed by atoms with Gasteiger partial charge in [0, 0.05) is 18.4 Å². The zero-order valence-electron chi connectivity index (χ0n) is 14.9. The zero-order chi connectivity index (χ0) is 18.5. The third kappa shape index (κ3) is 3.88. The fraction of sp³-hybridized carbons (Fsp3) is 0.211. The molecular formula is C19H20N4O2S. The van der Waals surface area contributed by atoms with Crippen LogP contribution in [0.5, 0.6) is 5.75 Å². The number of thioether (sulfide) groups is 1. The summed E-state index contributed by atoms with van der Waals surface area (Å²) in [7, 11) is 3.41. The fourth-order valence-corrected chi connectivity index (χ4v) is 3.40. The van der Waals surface area contributed by atoms with Crippen molar-refractivity contribution < 1.29 is 9.53 Å². The van der Waals surface area contributed by atoms with Crippen LogP contribution in [-0.2, 0) is 4.79 Å². The van der Waals surface area contributed by atoms with Gasteiger partial charge in [0.25, 0.3) is 0 Å². The second kappa shape index (κ2) is 8.05. The summed E-state index contributed by atoms with van der Waals surface area (Å²) in [5.74, 6) is 1.83. The van der Waals surface area contributed by atoms with Crippen molar-refractivity contribution in [3.8, 4) is 11.4 Å². The Hall–Kier alpha value is -2.80. The monoisotopic (exact) mass is 368 g/mol. The molecule has 3 aromatic rings. The SMILES string of the molecule is COc1ccc(-n2c(C)nnc2SCC(=O)N(C)c2ccccc2)cc1. The molecule has 26 heavy (non-hydrogen) atoms. The number of ether oxygens (including phenoxy) is 1. The van der Waals surface area contributed by atoms with Crippen molar-refractivity contribution in [3.05, 3.63) is 60.4 Å². The summed E-state index contributed by atoms with van der Waals surface area (Å²) in [5.41, 5.74) is 1.80. The number of carbonyl (C=O) groups is 1. The zero-order valence-corrected chi connectivity index (χ0v) is 15.7. The van der Waals surface area contributed by atoms with Gasteiger partial charge in [0.05, 0.1) is 12.9 Å². The number of aryl methyl sites for hydroxylation is 1. The van der Waals surface area contributed by atoms with Gasteiger partial charge >= 0.3 is 0 Å². The Morgan fingerprint density at radius 3 is 2.46 bits per heavy atom. The average Bonchev–Trinajstić information content (AvgIpc) is 3.06. The van der Waals surface area contributed by atoms with Gasteiger partial charge in [-0.25, -0.2) is 0 Å². The van der Waals surface area contributed by atoms with Crippen LogP contribution in [0.2, 0.25) is 0 Å². The van der Waals surface area contributed by atoms with Crippen molar-refractivity contribution in [3.63, 3.8) is 0 Å². The number of para-hydroxylation sites is 1. The minimum atomic E-state index is 0.00290. The topological polar surface area (TPSA) is 60.2 Å². The molecule has 0 bridgehead atoms. The van der Waals surface area contributed by atoms with Gasteiger partial charge in [0.2, 0.25) is 5.91 Å². The Morgan fingerprint density at radius 1 is 1.12 bits per heavy atom. The van der Waals surface area contributed by atoms with Crippen LogP contribution in [-0.4, -0.2) is 40.6 Å². The number of nitrogens with zero attached hydrogens (tertiary/aromatic N) is 4. The minimum absolute atomic E-state index is 0.00290. The van der Waals surface area contributed by atoms with E-state index in [0.29, 0.717) is 5.16 Å². The molecule has 0 spiro atoms. The molecule has 134 valence electrons. The van der Waals surface area contributed by atoms with E-state index >= 15 is 0 Å². The second-order valence-electron chi connectivity index (χ2n) is 5.64. The van der Waals surface area contributed by atoms with Crippen molar-refractivity contribution in [1.29, 1.82) is 0 Å². The molecule has 0 aliphatic carbocycles. The van der Waals surface area contributed by atoms with E-state index in [2.05, 4.69) is 10.2 Å². The number of benzene rings is 2. The Morgan fingerprint density at radius 2 is 1.81 bits per heavy atom. The molecule has 0 aliphatic heterocycles. The molecular weight excluding hydrogens is 348 g/mol. The molecule has 0 radical (unpaired) electrons.